The lowest BCUT2D eigenvalue weighted by atomic mass is 9.87. The van der Waals surface area contributed by atoms with Crippen LogP contribution in [0.5, 0.6) is 0 Å². The molecule has 0 saturated heterocycles. The summed E-state index contributed by atoms with van der Waals surface area (Å²) in [7, 11) is 0. The molecule has 2 fully saturated rings. The second-order valence-corrected chi connectivity index (χ2v) is 11.4. The van der Waals surface area contributed by atoms with Crippen molar-refractivity contribution in [2.75, 3.05) is 13.2 Å². The summed E-state index contributed by atoms with van der Waals surface area (Å²) in [6.45, 7) is 6.49. The van der Waals surface area contributed by atoms with Crippen LogP contribution >= 0.6 is 11.8 Å². The summed E-state index contributed by atoms with van der Waals surface area (Å²) in [5, 5.41) is 2.17. The lowest BCUT2D eigenvalue weighted by Crippen LogP contribution is -2.32. The standard InChI is InChI=1S/C27H49NO2S/c1-3-5-7-9-10-12-19-29-23-15-13-22(14-16-23)27-28-25-18-17-24(21-26(25)31-27)30-20-11-8-6-4-2/h22-26H,3-21H2,1-2H3. The number of thioether (sulfide) groups is 1. The van der Waals surface area contributed by atoms with Gasteiger partial charge in [-0.05, 0) is 57.8 Å². The van der Waals surface area contributed by atoms with Crippen molar-refractivity contribution in [3.05, 3.63) is 0 Å². The Morgan fingerprint density at radius 3 is 2.00 bits per heavy atom. The highest BCUT2D eigenvalue weighted by atomic mass is 32.2. The maximum absolute atomic E-state index is 6.23. The van der Waals surface area contributed by atoms with Crippen LogP contribution in [0.4, 0.5) is 0 Å². The molecule has 2 saturated carbocycles. The minimum Gasteiger partial charge on any atom is -0.378 e. The van der Waals surface area contributed by atoms with Gasteiger partial charge in [-0.3, -0.25) is 4.99 Å². The number of aliphatic imine (C=N–C) groups is 1. The van der Waals surface area contributed by atoms with Gasteiger partial charge < -0.3 is 9.47 Å². The van der Waals surface area contributed by atoms with E-state index in [2.05, 4.69) is 25.6 Å². The molecule has 0 amide bonds. The quantitative estimate of drug-likeness (QED) is 0.237. The second kappa shape index (κ2) is 15.0. The maximum atomic E-state index is 6.23. The molecule has 3 rings (SSSR count). The van der Waals surface area contributed by atoms with Gasteiger partial charge in [0.1, 0.15) is 0 Å². The Bertz CT molecular complexity index is 503. The van der Waals surface area contributed by atoms with Crippen LogP contribution in [0.15, 0.2) is 4.99 Å². The molecule has 3 aliphatic rings. The van der Waals surface area contributed by atoms with Crippen LogP contribution in [0, 0.1) is 5.92 Å². The molecule has 3 nitrogen and oxygen atoms in total. The highest BCUT2D eigenvalue weighted by molar-refractivity contribution is 8.14. The molecule has 0 aromatic rings. The molecule has 0 bridgehead atoms. The highest BCUT2D eigenvalue weighted by Crippen LogP contribution is 2.43. The number of unbranched alkanes of at least 4 members (excludes halogenated alkanes) is 8. The van der Waals surface area contributed by atoms with E-state index in [0.717, 1.165) is 13.2 Å². The first-order chi connectivity index (χ1) is 15.3. The molecule has 31 heavy (non-hydrogen) atoms. The molecule has 180 valence electrons. The molecule has 2 aliphatic carbocycles. The van der Waals surface area contributed by atoms with Crippen molar-refractivity contribution in [1.82, 2.24) is 0 Å². The number of ether oxygens (including phenoxy) is 2. The van der Waals surface area contributed by atoms with Gasteiger partial charge in [-0.15, -0.1) is 11.8 Å². The number of hydrogen-bond acceptors (Lipinski definition) is 4. The molecule has 0 aromatic heterocycles. The zero-order valence-corrected chi connectivity index (χ0v) is 21.3. The fraction of sp³-hybridized carbons (Fsp3) is 0.963. The van der Waals surface area contributed by atoms with Crippen LogP contribution in [0.1, 0.15) is 123 Å². The molecule has 1 aliphatic heterocycles. The number of rotatable bonds is 15. The molecule has 3 atom stereocenters. The number of hydrogen-bond donors (Lipinski definition) is 0. The van der Waals surface area contributed by atoms with E-state index in [9.17, 15) is 0 Å². The van der Waals surface area contributed by atoms with Crippen molar-refractivity contribution in [2.45, 2.75) is 147 Å². The molecule has 0 radical (unpaired) electrons. The van der Waals surface area contributed by atoms with Gasteiger partial charge in [-0.2, -0.15) is 0 Å². The lowest BCUT2D eigenvalue weighted by Gasteiger charge is -2.30. The summed E-state index contributed by atoms with van der Waals surface area (Å²) in [4.78, 5) is 5.21. The van der Waals surface area contributed by atoms with E-state index in [1.165, 1.54) is 114 Å². The van der Waals surface area contributed by atoms with E-state index < -0.39 is 0 Å². The number of nitrogens with zero attached hydrogens (tertiary/aromatic N) is 1. The minimum atomic E-state index is 0.482. The summed E-state index contributed by atoms with van der Waals surface area (Å²) < 4.78 is 12.4. The first-order valence-electron chi connectivity index (χ1n) is 13.8. The van der Waals surface area contributed by atoms with Gasteiger partial charge in [0.15, 0.2) is 0 Å². The highest BCUT2D eigenvalue weighted by Gasteiger charge is 2.39. The fourth-order valence-electron chi connectivity index (χ4n) is 5.44. The molecule has 0 spiro atoms. The first-order valence-corrected chi connectivity index (χ1v) is 14.7. The van der Waals surface area contributed by atoms with Gasteiger partial charge in [0, 0.05) is 24.4 Å². The van der Waals surface area contributed by atoms with E-state index in [0.29, 0.717) is 29.4 Å². The van der Waals surface area contributed by atoms with Gasteiger partial charge in [-0.1, -0.05) is 65.2 Å². The SMILES string of the molecule is CCCCCCCCOC1CCC(C2=NC3CCC(OCCCCCC)CC3S2)CC1. The second-order valence-electron chi connectivity index (χ2n) is 10.2. The molecular formula is C27H49NO2S. The van der Waals surface area contributed by atoms with Crippen molar-refractivity contribution >= 4 is 16.8 Å². The predicted molar refractivity (Wildman–Crippen MR) is 135 cm³/mol. The zero-order chi connectivity index (χ0) is 21.7. The zero-order valence-electron chi connectivity index (χ0n) is 20.5. The van der Waals surface area contributed by atoms with Crippen LogP contribution < -0.4 is 0 Å². The summed E-state index contributed by atoms with van der Waals surface area (Å²) in [6, 6.07) is 0.571. The summed E-state index contributed by atoms with van der Waals surface area (Å²) >= 11 is 2.11. The Morgan fingerprint density at radius 1 is 0.710 bits per heavy atom. The fourth-order valence-corrected chi connectivity index (χ4v) is 7.04. The third-order valence-electron chi connectivity index (χ3n) is 7.50. The summed E-state index contributed by atoms with van der Waals surface area (Å²) in [5.74, 6) is 0.706. The molecule has 0 aromatic carbocycles. The monoisotopic (exact) mass is 451 g/mol. The average molecular weight is 452 g/mol. The van der Waals surface area contributed by atoms with Gasteiger partial charge in [0.05, 0.1) is 23.3 Å². The van der Waals surface area contributed by atoms with Crippen molar-refractivity contribution in [1.29, 1.82) is 0 Å². The van der Waals surface area contributed by atoms with Crippen molar-refractivity contribution in [2.24, 2.45) is 10.9 Å². The van der Waals surface area contributed by atoms with Crippen LogP contribution in [-0.2, 0) is 9.47 Å². The Morgan fingerprint density at radius 2 is 1.29 bits per heavy atom. The molecule has 4 heteroatoms. The summed E-state index contributed by atoms with van der Waals surface area (Å²) in [5.41, 5.74) is 0. The van der Waals surface area contributed by atoms with Crippen LogP contribution in [0.25, 0.3) is 0 Å². The van der Waals surface area contributed by atoms with Gasteiger partial charge in [0.25, 0.3) is 0 Å². The minimum absolute atomic E-state index is 0.482. The normalized spacial score (nSPS) is 30.9. The Balaban J connectivity index is 1.26. The van der Waals surface area contributed by atoms with Gasteiger partial charge >= 0.3 is 0 Å². The topological polar surface area (TPSA) is 30.8 Å². The van der Waals surface area contributed by atoms with Gasteiger partial charge in [0.2, 0.25) is 0 Å². The van der Waals surface area contributed by atoms with Crippen molar-refractivity contribution in [3.63, 3.8) is 0 Å². The third-order valence-corrected chi connectivity index (χ3v) is 8.99. The Hall–Kier alpha value is -0.0600. The lowest BCUT2D eigenvalue weighted by molar-refractivity contribution is 0.0218. The smallest absolute Gasteiger partial charge is 0.0714 e. The maximum Gasteiger partial charge on any atom is 0.0714 e. The number of fused-ring (bicyclic) bond motifs is 1. The van der Waals surface area contributed by atoms with E-state index in [1.54, 1.807) is 0 Å². The third kappa shape index (κ3) is 9.01. The average Bonchev–Trinajstić information content (AvgIpc) is 3.22. The van der Waals surface area contributed by atoms with Crippen LogP contribution in [0.3, 0.4) is 0 Å². The summed E-state index contributed by atoms with van der Waals surface area (Å²) in [6.07, 6.45) is 23.0. The predicted octanol–water partition coefficient (Wildman–Crippen LogP) is 7.95. The van der Waals surface area contributed by atoms with Crippen LogP contribution in [-0.4, -0.2) is 41.8 Å². The van der Waals surface area contributed by atoms with Crippen molar-refractivity contribution < 1.29 is 9.47 Å². The molecule has 3 unspecified atom stereocenters. The molecule has 0 N–H and O–H groups in total. The Labute approximate surface area is 196 Å². The van der Waals surface area contributed by atoms with E-state index in [-0.39, 0.29) is 0 Å². The van der Waals surface area contributed by atoms with E-state index in [1.807, 2.05) is 0 Å². The first kappa shape index (κ1) is 25.6. The largest absolute Gasteiger partial charge is 0.378 e. The van der Waals surface area contributed by atoms with E-state index in [4.69, 9.17) is 14.5 Å². The Kier molecular flexibility index (Phi) is 12.3. The molecular weight excluding hydrogens is 402 g/mol. The van der Waals surface area contributed by atoms with Crippen molar-refractivity contribution in [3.8, 4) is 0 Å². The van der Waals surface area contributed by atoms with Crippen LogP contribution in [0.2, 0.25) is 0 Å². The molecule has 1 heterocycles. The van der Waals surface area contributed by atoms with Gasteiger partial charge in [-0.25, -0.2) is 0 Å². The van der Waals surface area contributed by atoms with E-state index >= 15 is 0 Å².